The molecule has 1 N–H and O–H groups in total. The lowest BCUT2D eigenvalue weighted by molar-refractivity contribution is 0.602. The van der Waals surface area contributed by atoms with Crippen LogP contribution < -0.4 is 0 Å². The molecule has 1 heterocycles. The summed E-state index contributed by atoms with van der Waals surface area (Å²) >= 11 is 5.10. The molecule has 0 spiro atoms. The van der Waals surface area contributed by atoms with Crippen molar-refractivity contribution in [2.24, 2.45) is 0 Å². The molecule has 0 aliphatic heterocycles. The Morgan fingerprint density at radius 3 is 2.78 bits per heavy atom. The molecule has 0 fully saturated rings. The maximum absolute atomic E-state index is 11.5. The molecule has 0 atom stereocenters. The molecule has 7 heteroatoms. The van der Waals surface area contributed by atoms with Gasteiger partial charge in [0.1, 0.15) is 0 Å². The number of nitrogens with zero attached hydrogens (tertiary/aromatic N) is 2. The van der Waals surface area contributed by atoms with Gasteiger partial charge < -0.3 is 4.57 Å². The summed E-state index contributed by atoms with van der Waals surface area (Å²) in [5.41, 5.74) is 0.729. The van der Waals surface area contributed by atoms with Crippen LogP contribution in [0.1, 0.15) is 6.92 Å². The minimum absolute atomic E-state index is 0.275. The van der Waals surface area contributed by atoms with Gasteiger partial charge in [0.25, 0.3) is 0 Å². The number of nitrogens with one attached hydrogen (secondary N) is 1. The van der Waals surface area contributed by atoms with E-state index in [0.29, 0.717) is 17.1 Å². The predicted molar refractivity (Wildman–Crippen MR) is 71.6 cm³/mol. The highest BCUT2D eigenvalue weighted by Crippen LogP contribution is 2.20. The van der Waals surface area contributed by atoms with Crippen LogP contribution in [0.5, 0.6) is 0 Å². The van der Waals surface area contributed by atoms with Gasteiger partial charge in [0.15, 0.2) is 20.4 Å². The van der Waals surface area contributed by atoms with E-state index in [4.69, 9.17) is 12.2 Å². The van der Waals surface area contributed by atoms with Gasteiger partial charge in [-0.2, -0.15) is 5.10 Å². The van der Waals surface area contributed by atoms with E-state index in [0.717, 1.165) is 5.56 Å². The first-order valence-corrected chi connectivity index (χ1v) is 7.69. The number of benzene rings is 1. The first-order valence-electron chi connectivity index (χ1n) is 5.39. The summed E-state index contributed by atoms with van der Waals surface area (Å²) in [6, 6.07) is 6.68. The maximum atomic E-state index is 11.5. The molecule has 0 aliphatic carbocycles. The molecule has 1 aromatic carbocycles. The second-order valence-electron chi connectivity index (χ2n) is 3.90. The third-order valence-electron chi connectivity index (χ3n) is 2.59. The average molecular weight is 283 g/mol. The van der Waals surface area contributed by atoms with E-state index in [1.807, 2.05) is 17.6 Å². The summed E-state index contributed by atoms with van der Waals surface area (Å²) in [7, 11) is -3.22. The van der Waals surface area contributed by atoms with Crippen molar-refractivity contribution in [1.29, 1.82) is 0 Å². The van der Waals surface area contributed by atoms with Gasteiger partial charge in [0, 0.05) is 18.4 Å². The van der Waals surface area contributed by atoms with Gasteiger partial charge in [-0.3, -0.25) is 5.10 Å². The zero-order chi connectivity index (χ0) is 13.3. The number of hydrogen-bond acceptors (Lipinski definition) is 4. The van der Waals surface area contributed by atoms with Crippen LogP contribution in [-0.2, 0) is 16.4 Å². The SMILES string of the molecule is CCn1c(-c2cccc(S(C)(=O)=O)c2)n[nH]c1=S. The fourth-order valence-corrected chi connectivity index (χ4v) is 2.63. The Balaban J connectivity index is 2.62. The number of sulfone groups is 1. The number of rotatable bonds is 3. The molecular weight excluding hydrogens is 270 g/mol. The van der Waals surface area contributed by atoms with Crippen LogP contribution in [0.25, 0.3) is 11.4 Å². The van der Waals surface area contributed by atoms with Crippen LogP contribution in [0.2, 0.25) is 0 Å². The minimum atomic E-state index is -3.22. The van der Waals surface area contributed by atoms with Gasteiger partial charge in [0.05, 0.1) is 4.90 Å². The van der Waals surface area contributed by atoms with Gasteiger partial charge in [-0.05, 0) is 31.3 Å². The molecule has 0 saturated heterocycles. The lowest BCUT2D eigenvalue weighted by atomic mass is 10.2. The molecule has 0 amide bonds. The van der Waals surface area contributed by atoms with Crippen LogP contribution in [-0.4, -0.2) is 29.4 Å². The largest absolute Gasteiger partial charge is 0.300 e. The molecule has 0 saturated carbocycles. The highest BCUT2D eigenvalue weighted by Gasteiger charge is 2.11. The van der Waals surface area contributed by atoms with E-state index < -0.39 is 9.84 Å². The van der Waals surface area contributed by atoms with E-state index in [-0.39, 0.29) is 4.90 Å². The van der Waals surface area contributed by atoms with Gasteiger partial charge in [0.2, 0.25) is 0 Å². The number of hydrogen-bond donors (Lipinski definition) is 1. The Morgan fingerprint density at radius 1 is 1.44 bits per heavy atom. The Morgan fingerprint density at radius 2 is 2.17 bits per heavy atom. The lowest BCUT2D eigenvalue weighted by Gasteiger charge is -2.05. The third kappa shape index (κ3) is 2.37. The number of aromatic nitrogens is 3. The highest BCUT2D eigenvalue weighted by atomic mass is 32.2. The molecular formula is C11H13N3O2S2. The summed E-state index contributed by atoms with van der Waals surface area (Å²) in [4.78, 5) is 0.275. The predicted octanol–water partition coefficient (Wildman–Crippen LogP) is 2.03. The summed E-state index contributed by atoms with van der Waals surface area (Å²) in [6.45, 7) is 2.63. The summed E-state index contributed by atoms with van der Waals surface area (Å²) in [5.74, 6) is 0.646. The summed E-state index contributed by atoms with van der Waals surface area (Å²) < 4.78 is 25.4. The zero-order valence-electron chi connectivity index (χ0n) is 10.0. The summed E-state index contributed by atoms with van der Waals surface area (Å²) in [5, 5.41) is 6.84. The lowest BCUT2D eigenvalue weighted by Crippen LogP contribution is -2.00. The van der Waals surface area contributed by atoms with Crippen molar-refractivity contribution in [2.75, 3.05) is 6.26 Å². The van der Waals surface area contributed by atoms with E-state index in [1.165, 1.54) is 6.26 Å². The molecule has 0 radical (unpaired) electrons. The minimum Gasteiger partial charge on any atom is -0.300 e. The quantitative estimate of drug-likeness (QED) is 0.875. The Hall–Kier alpha value is -1.47. The van der Waals surface area contributed by atoms with Crippen LogP contribution >= 0.6 is 12.2 Å². The van der Waals surface area contributed by atoms with Gasteiger partial charge in [-0.25, -0.2) is 8.42 Å². The van der Waals surface area contributed by atoms with E-state index in [2.05, 4.69) is 10.2 Å². The Labute approximate surface area is 110 Å². The van der Waals surface area contributed by atoms with Gasteiger partial charge in [-0.15, -0.1) is 0 Å². The fourth-order valence-electron chi connectivity index (χ4n) is 1.70. The molecule has 18 heavy (non-hydrogen) atoms. The molecule has 0 unspecified atom stereocenters. The number of aromatic amines is 1. The van der Waals surface area contributed by atoms with Gasteiger partial charge in [-0.1, -0.05) is 12.1 Å². The van der Waals surface area contributed by atoms with Crippen LogP contribution in [0.4, 0.5) is 0 Å². The van der Waals surface area contributed by atoms with E-state index in [9.17, 15) is 8.42 Å². The van der Waals surface area contributed by atoms with E-state index in [1.54, 1.807) is 18.2 Å². The Kier molecular flexibility index (Phi) is 3.36. The molecule has 1 aromatic heterocycles. The third-order valence-corrected chi connectivity index (χ3v) is 4.02. The van der Waals surface area contributed by atoms with Crippen molar-refractivity contribution >= 4 is 22.1 Å². The zero-order valence-corrected chi connectivity index (χ0v) is 11.7. The smallest absolute Gasteiger partial charge is 0.195 e. The highest BCUT2D eigenvalue weighted by molar-refractivity contribution is 7.90. The second kappa shape index (κ2) is 4.66. The standard InChI is InChI=1S/C11H13N3O2S2/c1-3-14-10(12-13-11(14)17)8-5-4-6-9(7-8)18(2,15)16/h4-7H,3H2,1-2H3,(H,13,17). The van der Waals surface area contributed by atoms with Gasteiger partial charge >= 0.3 is 0 Å². The number of H-pyrrole nitrogens is 1. The van der Waals surface area contributed by atoms with Crippen LogP contribution in [0.15, 0.2) is 29.2 Å². The normalized spacial score (nSPS) is 11.7. The van der Waals surface area contributed by atoms with Crippen molar-refractivity contribution in [3.63, 3.8) is 0 Å². The molecule has 0 bridgehead atoms. The molecule has 96 valence electrons. The fraction of sp³-hybridized carbons (Fsp3) is 0.273. The summed E-state index contributed by atoms with van der Waals surface area (Å²) in [6.07, 6.45) is 1.18. The first-order chi connectivity index (χ1) is 8.43. The topological polar surface area (TPSA) is 67.8 Å². The van der Waals surface area contributed by atoms with Crippen molar-refractivity contribution in [3.8, 4) is 11.4 Å². The van der Waals surface area contributed by atoms with Crippen molar-refractivity contribution in [3.05, 3.63) is 29.0 Å². The second-order valence-corrected chi connectivity index (χ2v) is 6.30. The first kappa shape index (κ1) is 13.0. The van der Waals surface area contributed by atoms with E-state index >= 15 is 0 Å². The van der Waals surface area contributed by atoms with Crippen molar-refractivity contribution < 1.29 is 8.42 Å². The van der Waals surface area contributed by atoms with Crippen LogP contribution in [0, 0.1) is 4.77 Å². The molecule has 5 nitrogen and oxygen atoms in total. The average Bonchev–Trinajstić information content (AvgIpc) is 2.69. The van der Waals surface area contributed by atoms with Crippen molar-refractivity contribution in [1.82, 2.24) is 14.8 Å². The molecule has 2 rings (SSSR count). The van der Waals surface area contributed by atoms with Crippen LogP contribution in [0.3, 0.4) is 0 Å². The monoisotopic (exact) mass is 283 g/mol. The maximum Gasteiger partial charge on any atom is 0.195 e. The molecule has 0 aliphatic rings. The Bertz CT molecular complexity index is 729. The molecule has 2 aromatic rings. The van der Waals surface area contributed by atoms with Crippen molar-refractivity contribution in [2.45, 2.75) is 18.4 Å².